The number of carbonyl (C=O) groups excluding carboxylic acids is 1. The molecule has 0 atom stereocenters. The minimum atomic E-state index is -0.304. The summed E-state index contributed by atoms with van der Waals surface area (Å²) in [6.07, 6.45) is 1.70. The Morgan fingerprint density at radius 1 is 1.24 bits per heavy atom. The van der Waals surface area contributed by atoms with Crippen molar-refractivity contribution in [1.29, 1.82) is 0 Å². The van der Waals surface area contributed by atoms with Gasteiger partial charge in [0.15, 0.2) is 0 Å². The molecular weight excluding hydrogens is 271 g/mol. The van der Waals surface area contributed by atoms with Crippen molar-refractivity contribution in [1.82, 2.24) is 9.88 Å². The number of halogens is 1. The fourth-order valence-electron chi connectivity index (χ4n) is 2.72. The SMILES string of the molecule is NC(=O)CN1CCN(c2nccc3cc(F)ccc23)CC1. The third-order valence-corrected chi connectivity index (χ3v) is 3.76. The highest BCUT2D eigenvalue weighted by Gasteiger charge is 2.20. The van der Waals surface area contributed by atoms with Crippen LogP contribution in [-0.4, -0.2) is 48.5 Å². The van der Waals surface area contributed by atoms with E-state index < -0.39 is 0 Å². The predicted octanol–water partition coefficient (Wildman–Crippen LogP) is 0.981. The van der Waals surface area contributed by atoms with E-state index in [4.69, 9.17) is 5.73 Å². The molecule has 0 radical (unpaired) electrons. The van der Waals surface area contributed by atoms with E-state index in [1.165, 1.54) is 12.1 Å². The van der Waals surface area contributed by atoms with E-state index in [0.717, 1.165) is 42.8 Å². The van der Waals surface area contributed by atoms with E-state index in [2.05, 4.69) is 9.88 Å². The molecule has 1 aliphatic heterocycles. The van der Waals surface area contributed by atoms with E-state index in [9.17, 15) is 9.18 Å². The molecule has 2 aromatic rings. The molecule has 110 valence electrons. The van der Waals surface area contributed by atoms with Crippen LogP contribution in [-0.2, 0) is 4.79 Å². The fraction of sp³-hybridized carbons (Fsp3) is 0.333. The summed E-state index contributed by atoms with van der Waals surface area (Å²) in [5, 5.41) is 1.79. The maximum Gasteiger partial charge on any atom is 0.231 e. The summed E-state index contributed by atoms with van der Waals surface area (Å²) < 4.78 is 13.3. The number of carbonyl (C=O) groups is 1. The molecule has 2 heterocycles. The molecular formula is C15H17FN4O. The number of nitrogens with two attached hydrogens (primary N) is 1. The standard InChI is InChI=1S/C15H17FN4O/c16-12-1-2-13-11(9-12)3-4-18-15(13)20-7-5-19(6-8-20)10-14(17)21/h1-4,9H,5-8,10H2,(H2,17,21). The molecule has 3 rings (SSSR count). The minimum absolute atomic E-state index is 0.245. The summed E-state index contributed by atoms with van der Waals surface area (Å²) in [7, 11) is 0. The topological polar surface area (TPSA) is 62.5 Å². The van der Waals surface area contributed by atoms with Crippen LogP contribution in [0.5, 0.6) is 0 Å². The highest BCUT2D eigenvalue weighted by Crippen LogP contribution is 2.25. The number of hydrogen-bond acceptors (Lipinski definition) is 4. The van der Waals surface area contributed by atoms with Gasteiger partial charge < -0.3 is 10.6 Å². The van der Waals surface area contributed by atoms with Crippen molar-refractivity contribution < 1.29 is 9.18 Å². The van der Waals surface area contributed by atoms with Crippen LogP contribution in [0.1, 0.15) is 0 Å². The van der Waals surface area contributed by atoms with Gasteiger partial charge in [-0.15, -0.1) is 0 Å². The zero-order chi connectivity index (χ0) is 14.8. The summed E-state index contributed by atoms with van der Waals surface area (Å²) in [4.78, 5) is 19.6. The second kappa shape index (κ2) is 5.65. The maximum atomic E-state index is 13.3. The molecule has 1 saturated heterocycles. The van der Waals surface area contributed by atoms with Gasteiger partial charge in [-0.05, 0) is 29.7 Å². The van der Waals surface area contributed by atoms with Gasteiger partial charge in [-0.25, -0.2) is 9.37 Å². The largest absolute Gasteiger partial charge is 0.369 e. The van der Waals surface area contributed by atoms with Crippen molar-refractivity contribution in [3.8, 4) is 0 Å². The molecule has 0 aliphatic carbocycles. The van der Waals surface area contributed by atoms with Crippen molar-refractivity contribution in [2.24, 2.45) is 5.73 Å². The van der Waals surface area contributed by atoms with Gasteiger partial charge >= 0.3 is 0 Å². The minimum Gasteiger partial charge on any atom is -0.369 e. The van der Waals surface area contributed by atoms with Crippen LogP contribution in [0.4, 0.5) is 10.2 Å². The Morgan fingerprint density at radius 3 is 2.71 bits per heavy atom. The number of piperazine rings is 1. The summed E-state index contributed by atoms with van der Waals surface area (Å²) in [5.41, 5.74) is 5.22. The lowest BCUT2D eigenvalue weighted by Gasteiger charge is -2.35. The Bertz CT molecular complexity index is 668. The van der Waals surface area contributed by atoms with Crippen LogP contribution in [0.25, 0.3) is 10.8 Å². The summed E-state index contributed by atoms with van der Waals surface area (Å²) >= 11 is 0. The zero-order valence-electron chi connectivity index (χ0n) is 11.6. The van der Waals surface area contributed by atoms with E-state index in [1.807, 2.05) is 11.0 Å². The number of primary amides is 1. The van der Waals surface area contributed by atoms with Crippen LogP contribution < -0.4 is 10.6 Å². The number of amides is 1. The normalized spacial score (nSPS) is 16.3. The van der Waals surface area contributed by atoms with Gasteiger partial charge in [-0.2, -0.15) is 0 Å². The van der Waals surface area contributed by atoms with Gasteiger partial charge in [-0.3, -0.25) is 9.69 Å². The van der Waals surface area contributed by atoms with Crippen LogP contribution in [0.2, 0.25) is 0 Å². The molecule has 5 nitrogen and oxygen atoms in total. The van der Waals surface area contributed by atoms with Crippen LogP contribution in [0.3, 0.4) is 0 Å². The third-order valence-electron chi connectivity index (χ3n) is 3.76. The summed E-state index contributed by atoms with van der Waals surface area (Å²) in [6.45, 7) is 3.37. The lowest BCUT2D eigenvalue weighted by atomic mass is 10.1. The molecule has 1 aliphatic rings. The number of fused-ring (bicyclic) bond motifs is 1. The zero-order valence-corrected chi connectivity index (χ0v) is 11.6. The average Bonchev–Trinajstić information content (AvgIpc) is 2.46. The van der Waals surface area contributed by atoms with E-state index in [0.29, 0.717) is 6.54 Å². The van der Waals surface area contributed by atoms with Crippen LogP contribution in [0.15, 0.2) is 30.5 Å². The number of anilines is 1. The summed E-state index contributed by atoms with van der Waals surface area (Å²) in [5.74, 6) is 0.319. The maximum absolute atomic E-state index is 13.3. The first kappa shape index (κ1) is 13.8. The van der Waals surface area contributed by atoms with Gasteiger partial charge in [0.25, 0.3) is 0 Å². The molecule has 2 N–H and O–H groups in total. The highest BCUT2D eigenvalue weighted by molar-refractivity contribution is 5.92. The second-order valence-corrected chi connectivity index (χ2v) is 5.23. The lowest BCUT2D eigenvalue weighted by molar-refractivity contribution is -0.119. The number of aromatic nitrogens is 1. The molecule has 0 unspecified atom stereocenters. The lowest BCUT2D eigenvalue weighted by Crippen LogP contribution is -2.49. The quantitative estimate of drug-likeness (QED) is 0.914. The smallest absolute Gasteiger partial charge is 0.231 e. The van der Waals surface area contributed by atoms with Gasteiger partial charge in [0, 0.05) is 37.8 Å². The Labute approximate surface area is 122 Å². The highest BCUT2D eigenvalue weighted by atomic mass is 19.1. The van der Waals surface area contributed by atoms with Crippen molar-refractivity contribution >= 4 is 22.5 Å². The molecule has 21 heavy (non-hydrogen) atoms. The number of pyridine rings is 1. The number of benzene rings is 1. The number of nitrogens with zero attached hydrogens (tertiary/aromatic N) is 3. The molecule has 1 amide bonds. The Morgan fingerprint density at radius 2 is 2.00 bits per heavy atom. The molecule has 1 fully saturated rings. The molecule has 0 saturated carbocycles. The first-order valence-corrected chi connectivity index (χ1v) is 6.93. The first-order valence-electron chi connectivity index (χ1n) is 6.93. The van der Waals surface area contributed by atoms with Gasteiger partial charge in [-0.1, -0.05) is 0 Å². The molecule has 0 spiro atoms. The fourth-order valence-corrected chi connectivity index (χ4v) is 2.72. The van der Waals surface area contributed by atoms with Gasteiger partial charge in [0.1, 0.15) is 11.6 Å². The molecule has 6 heteroatoms. The van der Waals surface area contributed by atoms with Crippen molar-refractivity contribution in [2.75, 3.05) is 37.6 Å². The third kappa shape index (κ3) is 2.95. The van der Waals surface area contributed by atoms with Crippen LogP contribution >= 0.6 is 0 Å². The van der Waals surface area contributed by atoms with Crippen molar-refractivity contribution in [3.63, 3.8) is 0 Å². The van der Waals surface area contributed by atoms with Gasteiger partial charge in [0.05, 0.1) is 6.54 Å². The monoisotopic (exact) mass is 288 g/mol. The van der Waals surface area contributed by atoms with Gasteiger partial charge in [0.2, 0.25) is 5.91 Å². The second-order valence-electron chi connectivity index (χ2n) is 5.23. The van der Waals surface area contributed by atoms with E-state index >= 15 is 0 Å². The van der Waals surface area contributed by atoms with E-state index in [-0.39, 0.29) is 11.7 Å². The predicted molar refractivity (Wildman–Crippen MR) is 79.5 cm³/mol. The Kier molecular flexibility index (Phi) is 3.70. The van der Waals surface area contributed by atoms with Crippen LogP contribution in [0, 0.1) is 5.82 Å². The Balaban J connectivity index is 1.81. The molecule has 1 aromatic heterocycles. The van der Waals surface area contributed by atoms with Crippen molar-refractivity contribution in [3.05, 3.63) is 36.3 Å². The summed E-state index contributed by atoms with van der Waals surface area (Å²) in [6, 6.07) is 6.55. The first-order chi connectivity index (χ1) is 10.1. The molecule has 1 aromatic carbocycles. The number of rotatable bonds is 3. The van der Waals surface area contributed by atoms with Crippen molar-refractivity contribution in [2.45, 2.75) is 0 Å². The average molecular weight is 288 g/mol. The number of hydrogen-bond donors (Lipinski definition) is 1. The molecule has 0 bridgehead atoms. The van der Waals surface area contributed by atoms with E-state index in [1.54, 1.807) is 12.3 Å². The Hall–Kier alpha value is -2.21.